The van der Waals surface area contributed by atoms with Crippen LogP contribution in [0.3, 0.4) is 0 Å². The summed E-state index contributed by atoms with van der Waals surface area (Å²) in [6, 6.07) is 6.68. The molecule has 6 nitrogen and oxygen atoms in total. The largest absolute Gasteiger partial charge is 0.345 e. The molecule has 1 atom stereocenters. The van der Waals surface area contributed by atoms with Crippen molar-refractivity contribution in [2.24, 2.45) is 0 Å². The van der Waals surface area contributed by atoms with Gasteiger partial charge < -0.3 is 5.32 Å². The van der Waals surface area contributed by atoms with Crippen molar-refractivity contribution in [3.63, 3.8) is 0 Å². The number of hydrogen-bond acceptors (Lipinski definition) is 5. The zero-order valence-electron chi connectivity index (χ0n) is 15.5. The van der Waals surface area contributed by atoms with E-state index in [0.29, 0.717) is 16.1 Å². The number of hydrogen-bond donors (Lipinski definition) is 2. The molecule has 2 aromatic rings. The molecule has 1 heterocycles. The summed E-state index contributed by atoms with van der Waals surface area (Å²) in [7, 11) is -3.40. The van der Waals surface area contributed by atoms with E-state index in [0.717, 1.165) is 36.2 Å². The van der Waals surface area contributed by atoms with Crippen LogP contribution >= 0.6 is 11.3 Å². The Morgan fingerprint density at radius 1 is 1.31 bits per heavy atom. The lowest BCUT2D eigenvalue weighted by Crippen LogP contribution is -2.27. The number of nitrogens with zero attached hydrogens (tertiary/aromatic N) is 1. The molecule has 0 aliphatic carbocycles. The van der Waals surface area contributed by atoms with E-state index in [4.69, 9.17) is 0 Å². The number of sulfonamides is 1. The lowest BCUT2D eigenvalue weighted by atomic mass is 10.1. The van der Waals surface area contributed by atoms with Crippen LogP contribution in [-0.4, -0.2) is 25.6 Å². The minimum absolute atomic E-state index is 0.190. The van der Waals surface area contributed by atoms with E-state index >= 15 is 0 Å². The van der Waals surface area contributed by atoms with E-state index < -0.39 is 10.0 Å². The maximum Gasteiger partial charge on any atom is 0.263 e. The highest BCUT2D eigenvalue weighted by Crippen LogP contribution is 2.25. The van der Waals surface area contributed by atoms with Gasteiger partial charge in [0.2, 0.25) is 10.0 Å². The fourth-order valence-corrected chi connectivity index (χ4v) is 4.20. The molecular formula is C18H25N3O3S2. The predicted octanol–water partition coefficient (Wildman–Crippen LogP) is 3.66. The fourth-order valence-electron chi connectivity index (χ4n) is 2.61. The number of benzene rings is 1. The van der Waals surface area contributed by atoms with Crippen LogP contribution in [-0.2, 0) is 16.4 Å². The maximum atomic E-state index is 12.7. The quantitative estimate of drug-likeness (QED) is 0.714. The van der Waals surface area contributed by atoms with Gasteiger partial charge in [-0.1, -0.05) is 31.5 Å². The molecule has 0 saturated heterocycles. The summed E-state index contributed by atoms with van der Waals surface area (Å²) < 4.78 is 25.6. The van der Waals surface area contributed by atoms with Crippen molar-refractivity contribution in [2.75, 3.05) is 11.0 Å². The van der Waals surface area contributed by atoms with Crippen LogP contribution in [0.4, 0.5) is 5.69 Å². The molecule has 2 rings (SSSR count). The summed E-state index contributed by atoms with van der Waals surface area (Å²) in [6.07, 6.45) is 4.12. The van der Waals surface area contributed by atoms with Crippen LogP contribution in [0.1, 0.15) is 58.7 Å². The Labute approximate surface area is 159 Å². The molecule has 2 N–H and O–H groups in total. The van der Waals surface area contributed by atoms with Gasteiger partial charge in [0.15, 0.2) is 0 Å². The standard InChI is InChI=1S/C18H25N3O3S2/c1-5-6-11-16-19-13(3)17(25-16)18(22)20-12(2)14-9-7-8-10-15(14)21-26(4,23)24/h7-10,12,21H,5-6,11H2,1-4H3,(H,20,22). The Bertz CT molecular complexity index is 876. The lowest BCUT2D eigenvalue weighted by molar-refractivity contribution is 0.0943. The zero-order chi connectivity index (χ0) is 19.3. The van der Waals surface area contributed by atoms with Gasteiger partial charge in [-0.3, -0.25) is 9.52 Å². The van der Waals surface area contributed by atoms with Crippen molar-refractivity contribution < 1.29 is 13.2 Å². The molecule has 1 amide bonds. The van der Waals surface area contributed by atoms with Crippen molar-refractivity contribution in [1.29, 1.82) is 0 Å². The summed E-state index contributed by atoms with van der Waals surface area (Å²) >= 11 is 1.42. The molecule has 0 aliphatic rings. The monoisotopic (exact) mass is 395 g/mol. The number of rotatable bonds is 8. The number of anilines is 1. The molecule has 0 spiro atoms. The molecule has 0 fully saturated rings. The number of carbonyl (C=O) groups is 1. The van der Waals surface area contributed by atoms with Gasteiger partial charge >= 0.3 is 0 Å². The van der Waals surface area contributed by atoms with Crippen LogP contribution in [0.2, 0.25) is 0 Å². The molecule has 26 heavy (non-hydrogen) atoms. The van der Waals surface area contributed by atoms with E-state index in [1.807, 2.05) is 19.9 Å². The molecule has 1 aromatic carbocycles. The SMILES string of the molecule is CCCCc1nc(C)c(C(=O)NC(C)c2ccccc2NS(C)(=O)=O)s1. The summed E-state index contributed by atoms with van der Waals surface area (Å²) in [4.78, 5) is 17.7. The summed E-state index contributed by atoms with van der Waals surface area (Å²) in [5, 5.41) is 3.92. The van der Waals surface area contributed by atoms with Gasteiger partial charge in [0.05, 0.1) is 28.7 Å². The second kappa shape index (κ2) is 8.64. The Morgan fingerprint density at radius 3 is 2.65 bits per heavy atom. The Balaban J connectivity index is 2.16. The molecule has 142 valence electrons. The average molecular weight is 396 g/mol. The topological polar surface area (TPSA) is 88.2 Å². The molecule has 0 aliphatic heterocycles. The molecule has 1 unspecified atom stereocenters. The van der Waals surface area contributed by atoms with Gasteiger partial charge in [0, 0.05) is 0 Å². The Morgan fingerprint density at radius 2 is 2.00 bits per heavy atom. The highest BCUT2D eigenvalue weighted by molar-refractivity contribution is 7.92. The van der Waals surface area contributed by atoms with Crippen LogP contribution in [0.15, 0.2) is 24.3 Å². The van der Waals surface area contributed by atoms with Gasteiger partial charge in [-0.15, -0.1) is 11.3 Å². The van der Waals surface area contributed by atoms with E-state index in [-0.39, 0.29) is 11.9 Å². The van der Waals surface area contributed by atoms with E-state index in [1.165, 1.54) is 11.3 Å². The summed E-state index contributed by atoms with van der Waals surface area (Å²) in [6.45, 7) is 5.79. The summed E-state index contributed by atoms with van der Waals surface area (Å²) in [5.41, 5.74) is 1.90. The van der Waals surface area contributed by atoms with Gasteiger partial charge in [-0.05, 0) is 38.3 Å². The van der Waals surface area contributed by atoms with E-state index in [2.05, 4.69) is 21.9 Å². The van der Waals surface area contributed by atoms with Crippen LogP contribution < -0.4 is 10.0 Å². The predicted molar refractivity (Wildman–Crippen MR) is 106 cm³/mol. The Hall–Kier alpha value is -1.93. The number of aryl methyl sites for hydroxylation is 2. The Kier molecular flexibility index (Phi) is 6.77. The molecule has 0 bridgehead atoms. The van der Waals surface area contributed by atoms with Crippen LogP contribution in [0, 0.1) is 6.92 Å². The van der Waals surface area contributed by atoms with Crippen molar-refractivity contribution >= 4 is 33.0 Å². The molecule has 8 heteroatoms. The highest BCUT2D eigenvalue weighted by Gasteiger charge is 2.19. The van der Waals surface area contributed by atoms with Crippen molar-refractivity contribution in [3.8, 4) is 0 Å². The first kappa shape index (κ1) is 20.4. The first-order valence-corrected chi connectivity index (χ1v) is 11.3. The van der Waals surface area contributed by atoms with Crippen molar-refractivity contribution in [3.05, 3.63) is 45.4 Å². The zero-order valence-corrected chi connectivity index (χ0v) is 17.1. The normalized spacial score (nSPS) is 12.6. The minimum atomic E-state index is -3.40. The number of amides is 1. The average Bonchev–Trinajstić information content (AvgIpc) is 2.92. The molecular weight excluding hydrogens is 370 g/mol. The first-order chi connectivity index (χ1) is 12.2. The third-order valence-electron chi connectivity index (χ3n) is 3.86. The smallest absolute Gasteiger partial charge is 0.263 e. The number of carbonyl (C=O) groups excluding carboxylic acids is 1. The first-order valence-electron chi connectivity index (χ1n) is 8.55. The second-order valence-electron chi connectivity index (χ2n) is 6.28. The van der Waals surface area contributed by atoms with E-state index in [9.17, 15) is 13.2 Å². The molecule has 0 saturated carbocycles. The second-order valence-corrected chi connectivity index (χ2v) is 9.11. The van der Waals surface area contributed by atoms with Crippen molar-refractivity contribution in [1.82, 2.24) is 10.3 Å². The fraction of sp³-hybridized carbons (Fsp3) is 0.444. The van der Waals surface area contributed by atoms with Gasteiger partial charge in [-0.25, -0.2) is 13.4 Å². The van der Waals surface area contributed by atoms with Gasteiger partial charge in [0.1, 0.15) is 4.88 Å². The maximum absolute atomic E-state index is 12.7. The van der Waals surface area contributed by atoms with Crippen LogP contribution in [0.5, 0.6) is 0 Å². The molecule has 1 aromatic heterocycles. The van der Waals surface area contributed by atoms with Gasteiger partial charge in [0.25, 0.3) is 5.91 Å². The number of unbranched alkanes of at least 4 members (excludes halogenated alkanes) is 1. The van der Waals surface area contributed by atoms with Crippen LogP contribution in [0.25, 0.3) is 0 Å². The number of aromatic nitrogens is 1. The molecule has 0 radical (unpaired) electrons. The van der Waals surface area contributed by atoms with Crippen molar-refractivity contribution in [2.45, 2.75) is 46.1 Å². The number of thiazole rings is 1. The lowest BCUT2D eigenvalue weighted by Gasteiger charge is -2.18. The third-order valence-corrected chi connectivity index (χ3v) is 5.67. The number of para-hydroxylation sites is 1. The summed E-state index contributed by atoms with van der Waals surface area (Å²) in [5.74, 6) is -0.190. The van der Waals surface area contributed by atoms with Gasteiger partial charge in [-0.2, -0.15) is 0 Å². The van der Waals surface area contributed by atoms with E-state index in [1.54, 1.807) is 18.2 Å². The highest BCUT2D eigenvalue weighted by atomic mass is 32.2. The number of nitrogens with one attached hydrogen (secondary N) is 2. The third kappa shape index (κ3) is 5.54. The minimum Gasteiger partial charge on any atom is -0.345 e.